The quantitative estimate of drug-likeness (QED) is 0.766. The van der Waals surface area contributed by atoms with Gasteiger partial charge in [-0.05, 0) is 31.5 Å². The van der Waals surface area contributed by atoms with Crippen LogP contribution in [-0.4, -0.2) is 41.6 Å². The first-order valence-corrected chi connectivity index (χ1v) is 5.90. The fourth-order valence-electron chi connectivity index (χ4n) is 2.11. The lowest BCUT2D eigenvalue weighted by Crippen LogP contribution is -2.51. The average Bonchev–Trinajstić information content (AvgIpc) is 2.28. The fourth-order valence-corrected chi connectivity index (χ4v) is 2.11. The highest BCUT2D eigenvalue weighted by Crippen LogP contribution is 2.20. The molecule has 0 bridgehead atoms. The van der Waals surface area contributed by atoms with Crippen LogP contribution in [0.4, 0.5) is 0 Å². The van der Waals surface area contributed by atoms with Gasteiger partial charge in [-0.15, -0.1) is 0 Å². The Kier molecular flexibility index (Phi) is 3.33. The average molecular weight is 234 g/mol. The Bertz CT molecular complexity index is 431. The van der Waals surface area contributed by atoms with Gasteiger partial charge in [0.1, 0.15) is 5.75 Å². The van der Waals surface area contributed by atoms with E-state index in [9.17, 15) is 9.90 Å². The van der Waals surface area contributed by atoms with Gasteiger partial charge in [0.25, 0.3) is 5.91 Å². The van der Waals surface area contributed by atoms with E-state index in [2.05, 4.69) is 12.2 Å². The molecular weight excluding hydrogens is 216 g/mol. The molecule has 0 aliphatic carbocycles. The predicted molar refractivity (Wildman–Crippen MR) is 66.2 cm³/mol. The molecule has 4 nitrogen and oxygen atoms in total. The Morgan fingerprint density at radius 3 is 2.94 bits per heavy atom. The van der Waals surface area contributed by atoms with Crippen LogP contribution in [0.15, 0.2) is 18.2 Å². The Morgan fingerprint density at radius 2 is 2.29 bits per heavy atom. The van der Waals surface area contributed by atoms with Gasteiger partial charge < -0.3 is 15.3 Å². The van der Waals surface area contributed by atoms with E-state index in [1.165, 1.54) is 0 Å². The van der Waals surface area contributed by atoms with Gasteiger partial charge in [-0.25, -0.2) is 0 Å². The van der Waals surface area contributed by atoms with Gasteiger partial charge in [-0.2, -0.15) is 0 Å². The maximum absolute atomic E-state index is 12.2. The summed E-state index contributed by atoms with van der Waals surface area (Å²) in [4.78, 5) is 14.0. The van der Waals surface area contributed by atoms with E-state index >= 15 is 0 Å². The molecule has 0 spiro atoms. The molecule has 0 aromatic heterocycles. The minimum absolute atomic E-state index is 0.0705. The van der Waals surface area contributed by atoms with Crippen molar-refractivity contribution >= 4 is 5.91 Å². The van der Waals surface area contributed by atoms with Gasteiger partial charge in [0.2, 0.25) is 0 Å². The molecular formula is C13H18N2O2. The molecule has 1 atom stereocenters. The van der Waals surface area contributed by atoms with Crippen molar-refractivity contribution in [2.75, 3.05) is 19.6 Å². The monoisotopic (exact) mass is 234 g/mol. The summed E-state index contributed by atoms with van der Waals surface area (Å²) in [7, 11) is 0. The van der Waals surface area contributed by atoms with Gasteiger partial charge in [0.05, 0.1) is 5.56 Å². The van der Waals surface area contributed by atoms with Crippen LogP contribution in [-0.2, 0) is 0 Å². The summed E-state index contributed by atoms with van der Waals surface area (Å²) in [6.45, 7) is 6.12. The highest BCUT2D eigenvalue weighted by atomic mass is 16.3. The topological polar surface area (TPSA) is 52.6 Å². The summed E-state index contributed by atoms with van der Waals surface area (Å²) in [5.41, 5.74) is 1.34. The van der Waals surface area contributed by atoms with E-state index in [0.29, 0.717) is 24.7 Å². The lowest BCUT2D eigenvalue weighted by Gasteiger charge is -2.32. The zero-order valence-electron chi connectivity index (χ0n) is 10.2. The van der Waals surface area contributed by atoms with Crippen LogP contribution >= 0.6 is 0 Å². The molecule has 1 aliphatic rings. The van der Waals surface area contributed by atoms with E-state index in [-0.39, 0.29) is 11.7 Å². The maximum atomic E-state index is 12.2. The van der Waals surface area contributed by atoms with Crippen molar-refractivity contribution in [1.82, 2.24) is 10.2 Å². The summed E-state index contributed by atoms with van der Waals surface area (Å²) >= 11 is 0. The zero-order chi connectivity index (χ0) is 12.4. The van der Waals surface area contributed by atoms with Crippen LogP contribution < -0.4 is 5.32 Å². The number of phenols is 1. The van der Waals surface area contributed by atoms with Gasteiger partial charge >= 0.3 is 0 Å². The van der Waals surface area contributed by atoms with Gasteiger partial charge in [0, 0.05) is 25.7 Å². The third-order valence-electron chi connectivity index (χ3n) is 3.04. The Morgan fingerprint density at radius 1 is 1.53 bits per heavy atom. The zero-order valence-corrected chi connectivity index (χ0v) is 10.2. The van der Waals surface area contributed by atoms with Crippen LogP contribution in [0.3, 0.4) is 0 Å². The van der Waals surface area contributed by atoms with E-state index in [1.807, 2.05) is 13.0 Å². The number of nitrogens with one attached hydrogen (secondary N) is 1. The van der Waals surface area contributed by atoms with Crippen LogP contribution in [0.2, 0.25) is 0 Å². The summed E-state index contributed by atoms with van der Waals surface area (Å²) in [6.07, 6.45) is 0. The highest BCUT2D eigenvalue weighted by Gasteiger charge is 2.23. The van der Waals surface area contributed by atoms with Crippen molar-refractivity contribution in [3.8, 4) is 5.75 Å². The number of benzene rings is 1. The number of amides is 1. The second kappa shape index (κ2) is 4.75. The lowest BCUT2D eigenvalue weighted by molar-refractivity contribution is 0.0706. The number of carbonyl (C=O) groups excluding carboxylic acids is 1. The van der Waals surface area contributed by atoms with Crippen LogP contribution in [0, 0.1) is 6.92 Å². The van der Waals surface area contributed by atoms with Crippen molar-refractivity contribution in [2.24, 2.45) is 0 Å². The smallest absolute Gasteiger partial charge is 0.257 e. The van der Waals surface area contributed by atoms with Crippen LogP contribution in [0.25, 0.3) is 0 Å². The first kappa shape index (κ1) is 11.9. The van der Waals surface area contributed by atoms with Gasteiger partial charge in [-0.3, -0.25) is 4.79 Å². The number of hydrogen-bond donors (Lipinski definition) is 2. The molecule has 2 rings (SSSR count). The third kappa shape index (κ3) is 2.58. The van der Waals surface area contributed by atoms with Crippen molar-refractivity contribution in [3.05, 3.63) is 29.3 Å². The first-order valence-electron chi connectivity index (χ1n) is 5.90. The molecule has 4 heteroatoms. The van der Waals surface area contributed by atoms with Crippen molar-refractivity contribution in [2.45, 2.75) is 19.9 Å². The van der Waals surface area contributed by atoms with Crippen LogP contribution in [0.5, 0.6) is 5.75 Å². The number of phenolic OH excluding ortho intramolecular Hbond substituents is 1. The number of hydrogen-bond acceptors (Lipinski definition) is 3. The summed E-state index contributed by atoms with van der Waals surface area (Å²) in [6, 6.07) is 5.47. The van der Waals surface area contributed by atoms with Gasteiger partial charge in [0.15, 0.2) is 0 Å². The Hall–Kier alpha value is -1.55. The SMILES string of the molecule is Cc1ccc(C(=O)N2CCN[C@H](C)C2)c(O)c1. The lowest BCUT2D eigenvalue weighted by atomic mass is 10.1. The maximum Gasteiger partial charge on any atom is 0.257 e. The fraction of sp³-hybridized carbons (Fsp3) is 0.462. The first-order chi connectivity index (χ1) is 8.08. The molecule has 1 aliphatic heterocycles. The Balaban J connectivity index is 2.18. The molecule has 0 unspecified atom stereocenters. The third-order valence-corrected chi connectivity index (χ3v) is 3.04. The number of carbonyl (C=O) groups is 1. The number of aryl methyl sites for hydroxylation is 1. The molecule has 1 fully saturated rings. The molecule has 17 heavy (non-hydrogen) atoms. The number of aromatic hydroxyl groups is 1. The molecule has 1 saturated heterocycles. The van der Waals surface area contributed by atoms with E-state index in [1.54, 1.807) is 17.0 Å². The molecule has 1 heterocycles. The number of nitrogens with zero attached hydrogens (tertiary/aromatic N) is 1. The van der Waals surface area contributed by atoms with E-state index in [0.717, 1.165) is 12.1 Å². The second-order valence-electron chi connectivity index (χ2n) is 4.63. The summed E-state index contributed by atoms with van der Waals surface area (Å²) in [5, 5.41) is 13.1. The molecule has 1 aromatic carbocycles. The summed E-state index contributed by atoms with van der Waals surface area (Å²) in [5.74, 6) is -0.0166. The molecule has 0 saturated carbocycles. The van der Waals surface area contributed by atoms with E-state index in [4.69, 9.17) is 0 Å². The van der Waals surface area contributed by atoms with Gasteiger partial charge in [-0.1, -0.05) is 6.07 Å². The normalized spacial score (nSPS) is 20.4. The van der Waals surface area contributed by atoms with Crippen LogP contribution in [0.1, 0.15) is 22.8 Å². The number of rotatable bonds is 1. The largest absolute Gasteiger partial charge is 0.507 e. The molecule has 1 aromatic rings. The van der Waals surface area contributed by atoms with Crippen molar-refractivity contribution in [1.29, 1.82) is 0 Å². The second-order valence-corrected chi connectivity index (χ2v) is 4.63. The van der Waals surface area contributed by atoms with Crippen molar-refractivity contribution < 1.29 is 9.90 Å². The minimum Gasteiger partial charge on any atom is -0.507 e. The number of piperazine rings is 1. The van der Waals surface area contributed by atoms with Crippen molar-refractivity contribution in [3.63, 3.8) is 0 Å². The van der Waals surface area contributed by atoms with E-state index < -0.39 is 0 Å². The standard InChI is InChI=1S/C13H18N2O2/c1-9-3-4-11(12(16)7-9)13(17)15-6-5-14-10(2)8-15/h3-4,7,10,14,16H,5-6,8H2,1-2H3/t10-/m1/s1. The Labute approximate surface area is 101 Å². The summed E-state index contributed by atoms with van der Waals surface area (Å²) < 4.78 is 0. The minimum atomic E-state index is -0.0872. The predicted octanol–water partition coefficient (Wildman–Crippen LogP) is 1.13. The molecule has 2 N–H and O–H groups in total. The molecule has 92 valence electrons. The molecule has 1 amide bonds. The highest BCUT2D eigenvalue weighted by molar-refractivity contribution is 5.97. The molecule has 0 radical (unpaired) electrons.